The summed E-state index contributed by atoms with van der Waals surface area (Å²) in [5.41, 5.74) is 2.45. The summed E-state index contributed by atoms with van der Waals surface area (Å²) in [6.45, 7) is 6.11. The van der Waals surface area contributed by atoms with E-state index >= 15 is 0 Å². The number of rotatable bonds is 6. The maximum absolute atomic E-state index is 12.8. The second-order valence-corrected chi connectivity index (χ2v) is 9.68. The van der Waals surface area contributed by atoms with Gasteiger partial charge in [0.25, 0.3) is 10.0 Å². The minimum absolute atomic E-state index is 0.250. The fraction of sp³-hybridized carbons (Fsp3) is 0.429. The van der Waals surface area contributed by atoms with E-state index in [0.717, 1.165) is 37.2 Å². The zero-order valence-electron chi connectivity index (χ0n) is 16.6. The highest BCUT2D eigenvalue weighted by atomic mass is 35.5. The van der Waals surface area contributed by atoms with Crippen LogP contribution in [0.15, 0.2) is 47.4 Å². The number of hydrogen-bond acceptors (Lipinski definition) is 4. The average molecular weight is 422 g/mol. The zero-order valence-corrected chi connectivity index (χ0v) is 18.1. The Hall–Kier alpha value is -1.76. The Bertz CT molecular complexity index is 908. The lowest BCUT2D eigenvalue weighted by Crippen LogP contribution is -2.41. The summed E-state index contributed by atoms with van der Waals surface area (Å²) < 4.78 is 28.3. The van der Waals surface area contributed by atoms with Crippen LogP contribution in [0.1, 0.15) is 38.2 Å². The second-order valence-electron chi connectivity index (χ2n) is 7.59. The van der Waals surface area contributed by atoms with Crippen LogP contribution in [0.4, 0.5) is 11.4 Å². The van der Waals surface area contributed by atoms with E-state index in [1.54, 1.807) is 24.3 Å². The maximum atomic E-state index is 12.8. The highest BCUT2D eigenvalue weighted by molar-refractivity contribution is 7.92. The molecule has 5 nitrogen and oxygen atoms in total. The van der Waals surface area contributed by atoms with Gasteiger partial charge in [0.15, 0.2) is 0 Å². The summed E-state index contributed by atoms with van der Waals surface area (Å²) in [6.07, 6.45) is 2.07. The molecule has 0 aromatic heterocycles. The number of sulfonamides is 1. The van der Waals surface area contributed by atoms with Crippen LogP contribution in [0.2, 0.25) is 5.02 Å². The third-order valence-corrected chi connectivity index (χ3v) is 7.01. The minimum Gasteiger partial charge on any atom is -0.370 e. The quantitative estimate of drug-likeness (QED) is 0.723. The van der Waals surface area contributed by atoms with Crippen molar-refractivity contribution in [2.75, 3.05) is 29.8 Å². The Morgan fingerprint density at radius 2 is 1.75 bits per heavy atom. The molecule has 1 saturated heterocycles. The van der Waals surface area contributed by atoms with Crippen LogP contribution in [-0.4, -0.2) is 34.6 Å². The molecule has 2 aromatic carbocycles. The van der Waals surface area contributed by atoms with Gasteiger partial charge < -0.3 is 10.2 Å². The van der Waals surface area contributed by atoms with Crippen molar-refractivity contribution in [1.29, 1.82) is 0 Å². The van der Waals surface area contributed by atoms with Crippen LogP contribution in [0.25, 0.3) is 0 Å². The summed E-state index contributed by atoms with van der Waals surface area (Å²) in [5.74, 6) is 0.356. The molecule has 152 valence electrons. The van der Waals surface area contributed by atoms with E-state index in [2.05, 4.69) is 28.8 Å². The van der Waals surface area contributed by atoms with Crippen molar-refractivity contribution < 1.29 is 8.42 Å². The average Bonchev–Trinajstić information content (AvgIpc) is 2.69. The molecular weight excluding hydrogens is 394 g/mol. The van der Waals surface area contributed by atoms with Crippen LogP contribution >= 0.6 is 11.6 Å². The maximum Gasteiger partial charge on any atom is 0.261 e. The molecule has 0 amide bonds. The van der Waals surface area contributed by atoms with E-state index in [4.69, 9.17) is 11.6 Å². The number of benzene rings is 2. The van der Waals surface area contributed by atoms with Crippen LogP contribution in [-0.2, 0) is 10.0 Å². The predicted octanol–water partition coefficient (Wildman–Crippen LogP) is 4.45. The van der Waals surface area contributed by atoms with E-state index in [9.17, 15) is 8.42 Å². The minimum atomic E-state index is -3.66. The lowest BCUT2D eigenvalue weighted by molar-refractivity contribution is 0.443. The molecule has 3 rings (SSSR count). The van der Waals surface area contributed by atoms with Crippen LogP contribution in [0, 0.1) is 0 Å². The van der Waals surface area contributed by atoms with Crippen molar-refractivity contribution in [1.82, 2.24) is 5.32 Å². The van der Waals surface area contributed by atoms with Gasteiger partial charge in [0.2, 0.25) is 0 Å². The largest absolute Gasteiger partial charge is 0.370 e. The Morgan fingerprint density at radius 1 is 1.11 bits per heavy atom. The third kappa shape index (κ3) is 4.80. The molecule has 0 radical (unpaired) electrons. The summed E-state index contributed by atoms with van der Waals surface area (Å²) in [4.78, 5) is 2.40. The number of nitrogens with zero attached hydrogens (tertiary/aromatic N) is 1. The number of anilines is 2. The highest BCUT2D eigenvalue weighted by Crippen LogP contribution is 2.32. The second kappa shape index (κ2) is 8.72. The van der Waals surface area contributed by atoms with Crippen molar-refractivity contribution >= 4 is 33.0 Å². The molecule has 0 spiro atoms. The van der Waals surface area contributed by atoms with Gasteiger partial charge in [0.05, 0.1) is 21.3 Å². The van der Waals surface area contributed by atoms with Gasteiger partial charge in [-0.2, -0.15) is 0 Å². The van der Waals surface area contributed by atoms with Gasteiger partial charge in [0, 0.05) is 13.1 Å². The number of halogens is 1. The first kappa shape index (κ1) is 21.0. The molecular formula is C21H28ClN3O2S. The highest BCUT2D eigenvalue weighted by Gasteiger charge is 2.21. The Labute approximate surface area is 173 Å². The van der Waals surface area contributed by atoms with Gasteiger partial charge in [-0.25, -0.2) is 8.42 Å². The normalized spacial score (nSPS) is 15.6. The van der Waals surface area contributed by atoms with E-state index < -0.39 is 10.0 Å². The van der Waals surface area contributed by atoms with E-state index in [0.29, 0.717) is 22.7 Å². The van der Waals surface area contributed by atoms with Crippen LogP contribution in [0.5, 0.6) is 0 Å². The van der Waals surface area contributed by atoms with Gasteiger partial charge in [-0.3, -0.25) is 4.72 Å². The number of piperidine rings is 1. The van der Waals surface area contributed by atoms with Crippen molar-refractivity contribution in [2.24, 2.45) is 0 Å². The molecule has 2 N–H and O–H groups in total. The van der Waals surface area contributed by atoms with Crippen molar-refractivity contribution in [3.05, 3.63) is 53.1 Å². The summed E-state index contributed by atoms with van der Waals surface area (Å²) >= 11 is 6.41. The van der Waals surface area contributed by atoms with E-state index in [-0.39, 0.29) is 4.90 Å². The molecule has 28 heavy (non-hydrogen) atoms. The standard InChI is InChI=1S/C21H28ClN3O2S/c1-15(2)16-4-7-19(8-5-16)28(26,27)24-17-6-9-20(22)21(14-17)25(3)18-10-12-23-13-11-18/h4-9,14-15,18,23-24H,10-13H2,1-3H3. The van der Waals surface area contributed by atoms with E-state index in [1.807, 2.05) is 25.2 Å². The van der Waals surface area contributed by atoms with E-state index in [1.165, 1.54) is 0 Å². The summed E-state index contributed by atoms with van der Waals surface area (Å²) in [6, 6.07) is 12.6. The van der Waals surface area contributed by atoms with Gasteiger partial charge in [0.1, 0.15) is 0 Å². The summed E-state index contributed by atoms with van der Waals surface area (Å²) in [7, 11) is -1.64. The Morgan fingerprint density at radius 3 is 2.36 bits per heavy atom. The molecule has 1 heterocycles. The smallest absolute Gasteiger partial charge is 0.261 e. The Balaban J connectivity index is 1.81. The number of hydrogen-bond donors (Lipinski definition) is 2. The van der Waals surface area contributed by atoms with Crippen LogP contribution < -0.4 is 14.9 Å². The van der Waals surface area contributed by atoms with Crippen molar-refractivity contribution in [2.45, 2.75) is 43.5 Å². The fourth-order valence-electron chi connectivity index (χ4n) is 3.48. The van der Waals surface area contributed by atoms with Gasteiger partial charge in [-0.15, -0.1) is 0 Å². The van der Waals surface area contributed by atoms with Gasteiger partial charge >= 0.3 is 0 Å². The Kier molecular flexibility index (Phi) is 6.53. The lowest BCUT2D eigenvalue weighted by atomic mass is 10.0. The topological polar surface area (TPSA) is 61.4 Å². The van der Waals surface area contributed by atoms with Crippen molar-refractivity contribution in [3.8, 4) is 0 Å². The molecule has 0 atom stereocenters. The number of nitrogens with one attached hydrogen (secondary N) is 2. The summed E-state index contributed by atoms with van der Waals surface area (Å²) in [5, 5.41) is 3.97. The van der Waals surface area contributed by atoms with Gasteiger partial charge in [-0.05, 0) is 67.7 Å². The zero-order chi connectivity index (χ0) is 20.3. The third-order valence-electron chi connectivity index (χ3n) is 5.29. The SMILES string of the molecule is CC(C)c1ccc(S(=O)(=O)Nc2ccc(Cl)c(N(C)C3CCNCC3)c2)cc1. The first-order valence-electron chi connectivity index (χ1n) is 9.64. The molecule has 0 bridgehead atoms. The molecule has 1 aliphatic heterocycles. The van der Waals surface area contributed by atoms with Crippen molar-refractivity contribution in [3.63, 3.8) is 0 Å². The monoisotopic (exact) mass is 421 g/mol. The molecule has 1 fully saturated rings. The predicted molar refractivity (Wildman–Crippen MR) is 117 cm³/mol. The molecule has 0 unspecified atom stereocenters. The molecule has 1 aliphatic rings. The molecule has 0 saturated carbocycles. The molecule has 7 heteroatoms. The molecule has 2 aromatic rings. The van der Waals surface area contributed by atoms with Gasteiger partial charge in [-0.1, -0.05) is 37.6 Å². The first-order chi connectivity index (χ1) is 13.3. The fourth-order valence-corrected chi connectivity index (χ4v) is 4.78. The van der Waals surface area contributed by atoms with Crippen LogP contribution in [0.3, 0.4) is 0 Å². The first-order valence-corrected chi connectivity index (χ1v) is 11.5. The lowest BCUT2D eigenvalue weighted by Gasteiger charge is -2.34. The molecule has 0 aliphatic carbocycles.